The number of Topliss-reactive ketones (excluding diaryl/α,β-unsaturated/α-hetero) is 2. The number of benzene rings is 1. The quantitative estimate of drug-likeness (QED) is 0.0372. The lowest BCUT2D eigenvalue weighted by Crippen LogP contribution is -2.59. The van der Waals surface area contributed by atoms with E-state index < -0.39 is 53.0 Å². The van der Waals surface area contributed by atoms with Crippen LogP contribution in [0.1, 0.15) is 106 Å². The van der Waals surface area contributed by atoms with Gasteiger partial charge in [-0.1, -0.05) is 39.8 Å². The van der Waals surface area contributed by atoms with Crippen LogP contribution in [0.4, 0.5) is 10.5 Å². The van der Waals surface area contributed by atoms with E-state index in [0.717, 1.165) is 0 Å². The molecule has 0 aromatic heterocycles. The van der Waals surface area contributed by atoms with Crippen LogP contribution < -0.4 is 48.3 Å². The molecule has 0 unspecified atom stereocenters. The Bertz CT molecular complexity index is 1770. The maximum Gasteiger partial charge on any atom is 0.312 e. The summed E-state index contributed by atoms with van der Waals surface area (Å²) >= 11 is 0. The van der Waals surface area contributed by atoms with E-state index in [0.29, 0.717) is 30.8 Å². The predicted molar refractivity (Wildman–Crippen MR) is 247 cm³/mol. The Kier molecular flexibility index (Phi) is 25.2. The van der Waals surface area contributed by atoms with Gasteiger partial charge in [-0.15, -0.1) is 0 Å². The first-order valence-electron chi connectivity index (χ1n) is 22.3. The largest absolute Gasteiger partial charge is 0.461 e. The standard InChI is InChI=1S/C45H76N10O10/c1-28(2)38(41(62)52-33(14-13-22-50-43(46)64)40(61)51-32-19-17-31(18-20-32)27-65-42(63)29(3)4)53-37(59)16-12-15-36(58)48-23-21-34(56)45(8,9)55(11)26-35(57)44(6,7)54-30(5)39(60)49-25-24-47-10/h17-20,28-30,33,38,47,54H,12-16,21-27H2,1-11H3,(H,48,58)(H,49,60)(H,51,61)(H,52,62)(H,53,59)(H3,46,50,64)/t30-,33-,38-/m0/s1. The van der Waals surface area contributed by atoms with Crippen molar-refractivity contribution in [1.82, 2.24) is 42.1 Å². The molecule has 0 aliphatic carbocycles. The van der Waals surface area contributed by atoms with Gasteiger partial charge in [0.2, 0.25) is 29.5 Å². The molecule has 0 spiro atoms. The van der Waals surface area contributed by atoms with Crippen LogP contribution in [0.15, 0.2) is 24.3 Å². The number of ketones is 2. The molecule has 1 aromatic carbocycles. The number of carbonyl (C=O) groups excluding carboxylic acids is 9. The number of urea groups is 1. The number of nitrogens with one attached hydrogen (secondary N) is 8. The molecule has 0 saturated heterocycles. The maximum atomic E-state index is 13.5. The van der Waals surface area contributed by atoms with Crippen molar-refractivity contribution in [3.05, 3.63) is 29.8 Å². The highest BCUT2D eigenvalue weighted by Crippen LogP contribution is 2.18. The first-order chi connectivity index (χ1) is 30.3. The van der Waals surface area contributed by atoms with Crippen molar-refractivity contribution in [2.24, 2.45) is 17.6 Å². The number of rotatable bonds is 31. The molecule has 20 nitrogen and oxygen atoms in total. The minimum absolute atomic E-state index is 0.00147. The number of nitrogens with two attached hydrogens (primary N) is 1. The molecule has 0 radical (unpaired) electrons. The van der Waals surface area contributed by atoms with Gasteiger partial charge < -0.3 is 47.7 Å². The van der Waals surface area contributed by atoms with Crippen LogP contribution in [-0.4, -0.2) is 134 Å². The number of likely N-dealkylation sites (N-methyl/N-ethyl adjacent to an activating group) is 2. The van der Waals surface area contributed by atoms with Gasteiger partial charge >= 0.3 is 12.0 Å². The van der Waals surface area contributed by atoms with Gasteiger partial charge in [-0.3, -0.25) is 48.6 Å². The number of carbonyl (C=O) groups is 9. The predicted octanol–water partition coefficient (Wildman–Crippen LogP) is 1.02. The maximum absolute atomic E-state index is 13.5. The molecule has 0 saturated carbocycles. The fraction of sp³-hybridized carbons (Fsp3) is 0.667. The highest BCUT2D eigenvalue weighted by atomic mass is 16.5. The van der Waals surface area contributed by atoms with Crippen LogP contribution in [0.2, 0.25) is 0 Å². The molecular weight excluding hydrogens is 841 g/mol. The summed E-state index contributed by atoms with van der Waals surface area (Å²) in [5.74, 6) is -3.62. The van der Waals surface area contributed by atoms with Crippen molar-refractivity contribution in [2.45, 2.75) is 137 Å². The highest BCUT2D eigenvalue weighted by Gasteiger charge is 2.37. The Labute approximate surface area is 384 Å². The molecule has 20 heteroatoms. The van der Waals surface area contributed by atoms with Crippen LogP contribution >= 0.6 is 0 Å². The molecule has 0 bridgehead atoms. The summed E-state index contributed by atoms with van der Waals surface area (Å²) in [6.07, 6.45) is 0.490. The van der Waals surface area contributed by atoms with E-state index in [1.54, 1.807) is 106 Å². The van der Waals surface area contributed by atoms with Crippen molar-refractivity contribution >= 4 is 58.8 Å². The molecule has 1 rings (SSSR count). The van der Waals surface area contributed by atoms with Gasteiger partial charge in [-0.05, 0) is 91.6 Å². The molecule has 0 aliphatic heterocycles. The molecule has 0 aliphatic rings. The molecule has 7 amide bonds. The van der Waals surface area contributed by atoms with Gasteiger partial charge in [0.05, 0.1) is 29.6 Å². The summed E-state index contributed by atoms with van der Waals surface area (Å²) in [5.41, 5.74) is 4.20. The second-order valence-corrected chi connectivity index (χ2v) is 17.8. The lowest BCUT2D eigenvalue weighted by molar-refractivity contribution is -0.148. The SMILES string of the molecule is CNCCNC(=O)[C@H](C)NC(C)(C)C(=O)CN(C)C(C)(C)C(=O)CCNC(=O)CCCC(=O)N[C@H](C(=O)N[C@@H](CCCNC(N)=O)C(=O)Nc1ccc(COC(=O)C(C)C)cc1)C(C)C. The topological polar surface area (TPSA) is 288 Å². The zero-order valence-corrected chi connectivity index (χ0v) is 40.3. The molecule has 0 fully saturated rings. The fourth-order valence-corrected chi connectivity index (χ4v) is 6.16. The number of esters is 1. The zero-order valence-electron chi connectivity index (χ0n) is 40.3. The number of hydrogen-bond acceptors (Lipinski definition) is 13. The van der Waals surface area contributed by atoms with Crippen molar-refractivity contribution in [3.8, 4) is 0 Å². The summed E-state index contributed by atoms with van der Waals surface area (Å²) in [7, 11) is 3.44. The third-order valence-electron chi connectivity index (χ3n) is 10.8. The summed E-state index contributed by atoms with van der Waals surface area (Å²) in [6.45, 7) is 16.6. The minimum Gasteiger partial charge on any atom is -0.461 e. The Morgan fingerprint density at radius 2 is 1.34 bits per heavy atom. The number of nitrogens with zero attached hydrogens (tertiary/aromatic N) is 1. The van der Waals surface area contributed by atoms with Crippen LogP contribution in [0.3, 0.4) is 0 Å². The van der Waals surface area contributed by atoms with Gasteiger partial charge in [0.15, 0.2) is 11.6 Å². The van der Waals surface area contributed by atoms with Crippen LogP contribution in [0, 0.1) is 11.8 Å². The third-order valence-corrected chi connectivity index (χ3v) is 10.8. The summed E-state index contributed by atoms with van der Waals surface area (Å²) < 4.78 is 5.25. The van der Waals surface area contributed by atoms with Gasteiger partial charge in [0.25, 0.3) is 0 Å². The van der Waals surface area contributed by atoms with Crippen molar-refractivity contribution in [1.29, 1.82) is 0 Å². The first kappa shape index (κ1) is 57.5. The van der Waals surface area contributed by atoms with Gasteiger partial charge in [0.1, 0.15) is 18.7 Å². The smallest absolute Gasteiger partial charge is 0.312 e. The Balaban J connectivity index is 2.71. The first-order valence-corrected chi connectivity index (χ1v) is 22.3. The average molecular weight is 917 g/mol. The number of amides is 7. The lowest BCUT2D eigenvalue weighted by Gasteiger charge is -2.36. The van der Waals surface area contributed by atoms with Crippen molar-refractivity contribution in [2.75, 3.05) is 52.1 Å². The molecule has 10 N–H and O–H groups in total. The highest BCUT2D eigenvalue weighted by molar-refractivity contribution is 5.98. The minimum atomic E-state index is -1.06. The summed E-state index contributed by atoms with van der Waals surface area (Å²) in [4.78, 5) is 116. The number of ether oxygens (including phenoxy) is 1. The van der Waals surface area contributed by atoms with E-state index in [9.17, 15) is 43.2 Å². The van der Waals surface area contributed by atoms with Crippen LogP contribution in [-0.2, 0) is 49.7 Å². The van der Waals surface area contributed by atoms with Crippen LogP contribution in [0.25, 0.3) is 0 Å². The Morgan fingerprint density at radius 3 is 1.92 bits per heavy atom. The normalized spacial score (nSPS) is 13.0. The average Bonchev–Trinajstić information content (AvgIpc) is 3.22. The summed E-state index contributed by atoms with van der Waals surface area (Å²) in [6, 6.07) is 3.22. The van der Waals surface area contributed by atoms with Crippen LogP contribution in [0.5, 0.6) is 0 Å². The number of anilines is 1. The fourth-order valence-electron chi connectivity index (χ4n) is 6.16. The second kappa shape index (κ2) is 28.4. The Morgan fingerprint density at radius 1 is 0.708 bits per heavy atom. The molecule has 1 aromatic rings. The van der Waals surface area contributed by atoms with E-state index in [1.807, 2.05) is 0 Å². The number of primary amides is 1. The van der Waals surface area contributed by atoms with E-state index in [2.05, 4.69) is 42.5 Å². The lowest BCUT2D eigenvalue weighted by atomic mass is 9.92. The van der Waals surface area contributed by atoms with Crippen molar-refractivity contribution < 1.29 is 47.9 Å². The van der Waals surface area contributed by atoms with Gasteiger partial charge in [0, 0.05) is 51.1 Å². The number of hydrogen-bond donors (Lipinski definition) is 9. The van der Waals surface area contributed by atoms with E-state index in [4.69, 9.17) is 10.5 Å². The second-order valence-electron chi connectivity index (χ2n) is 17.8. The zero-order chi connectivity index (χ0) is 49.5. The monoisotopic (exact) mass is 917 g/mol. The van der Waals surface area contributed by atoms with Gasteiger partial charge in [-0.2, -0.15) is 0 Å². The molecule has 3 atom stereocenters. The van der Waals surface area contributed by atoms with E-state index in [1.165, 1.54) is 0 Å². The molecular formula is C45H76N10O10. The summed E-state index contributed by atoms with van der Waals surface area (Å²) in [5, 5.41) is 22.2. The third kappa shape index (κ3) is 21.8. The van der Waals surface area contributed by atoms with Crippen molar-refractivity contribution in [3.63, 3.8) is 0 Å². The van der Waals surface area contributed by atoms with Gasteiger partial charge in [-0.25, -0.2) is 4.79 Å². The Hall–Kier alpha value is -5.47. The molecule has 65 heavy (non-hydrogen) atoms. The van der Waals surface area contributed by atoms with E-state index >= 15 is 0 Å². The molecule has 0 heterocycles. The molecule has 366 valence electrons. The van der Waals surface area contributed by atoms with E-state index in [-0.39, 0.29) is 99.5 Å².